The topological polar surface area (TPSA) is 191 Å². The standard InChI is InChI=1S/C32H36N6O8/c1-2-46-32(45)38-17-15-37(16-18-38)31(44)23(13-14-27(39)40)35-30(43)25-19-26(36-29(34-25)22-11-7-4-8-12-22)33-24(20-28(41)42)21-9-5-3-6-10-21/h3-12,19,23-24H,2,13-18,20H2,1H3,(H,35,43)(H,39,40)(H,41,42)(H,33,34,36)/t23-,24-/m0/s1. The number of nitrogens with one attached hydrogen (secondary N) is 2. The quantitative estimate of drug-likeness (QED) is 0.217. The molecule has 2 heterocycles. The van der Waals surface area contributed by atoms with Crippen molar-refractivity contribution in [2.24, 2.45) is 0 Å². The monoisotopic (exact) mass is 632 g/mol. The van der Waals surface area contributed by atoms with E-state index in [2.05, 4.69) is 20.6 Å². The molecule has 1 fully saturated rings. The molecule has 2 aromatic carbocycles. The van der Waals surface area contributed by atoms with E-state index in [-0.39, 0.29) is 69.4 Å². The second-order valence-electron chi connectivity index (χ2n) is 10.5. The molecular formula is C32H36N6O8. The highest BCUT2D eigenvalue weighted by molar-refractivity contribution is 5.97. The number of amides is 3. The van der Waals surface area contributed by atoms with Crippen molar-refractivity contribution >= 4 is 35.7 Å². The molecule has 0 aliphatic carbocycles. The molecule has 2 atom stereocenters. The Hall–Kier alpha value is -5.53. The maximum absolute atomic E-state index is 13.7. The maximum atomic E-state index is 13.7. The zero-order chi connectivity index (χ0) is 33.1. The van der Waals surface area contributed by atoms with Crippen molar-refractivity contribution in [3.63, 3.8) is 0 Å². The lowest BCUT2D eigenvalue weighted by atomic mass is 10.0. The minimum atomic E-state index is -1.19. The largest absolute Gasteiger partial charge is 0.481 e. The number of aromatic nitrogens is 2. The molecule has 0 bridgehead atoms. The zero-order valence-corrected chi connectivity index (χ0v) is 25.3. The lowest BCUT2D eigenvalue weighted by molar-refractivity contribution is -0.139. The predicted molar refractivity (Wildman–Crippen MR) is 166 cm³/mol. The van der Waals surface area contributed by atoms with Crippen LogP contribution in [0, 0.1) is 0 Å². The molecule has 1 aromatic heterocycles. The molecule has 1 aliphatic rings. The first-order valence-electron chi connectivity index (χ1n) is 14.9. The Kier molecular flexibility index (Phi) is 11.6. The highest BCUT2D eigenvalue weighted by Gasteiger charge is 2.31. The van der Waals surface area contributed by atoms with E-state index in [4.69, 9.17) is 4.74 Å². The summed E-state index contributed by atoms with van der Waals surface area (Å²) in [4.78, 5) is 74.3. The Labute approximate surface area is 265 Å². The number of hydrogen-bond donors (Lipinski definition) is 4. The number of carboxylic acids is 2. The van der Waals surface area contributed by atoms with Crippen molar-refractivity contribution in [2.45, 2.75) is 38.3 Å². The van der Waals surface area contributed by atoms with Crippen LogP contribution >= 0.6 is 0 Å². The van der Waals surface area contributed by atoms with Gasteiger partial charge in [-0.3, -0.25) is 19.2 Å². The molecule has 3 amide bonds. The van der Waals surface area contributed by atoms with Gasteiger partial charge in [-0.25, -0.2) is 14.8 Å². The Morgan fingerprint density at radius 3 is 2.11 bits per heavy atom. The molecule has 1 aliphatic heterocycles. The Morgan fingerprint density at radius 2 is 1.50 bits per heavy atom. The number of benzene rings is 2. The van der Waals surface area contributed by atoms with Crippen molar-refractivity contribution in [3.8, 4) is 11.4 Å². The summed E-state index contributed by atoms with van der Waals surface area (Å²) in [5, 5.41) is 24.7. The second-order valence-corrected chi connectivity index (χ2v) is 10.5. The van der Waals surface area contributed by atoms with E-state index in [1.165, 1.54) is 15.9 Å². The van der Waals surface area contributed by atoms with Gasteiger partial charge in [0.25, 0.3) is 5.91 Å². The number of hydrogen-bond acceptors (Lipinski definition) is 9. The number of nitrogens with zero attached hydrogens (tertiary/aromatic N) is 4. The fourth-order valence-electron chi connectivity index (χ4n) is 4.95. The lowest BCUT2D eigenvalue weighted by Crippen LogP contribution is -2.56. The average molecular weight is 633 g/mol. The van der Waals surface area contributed by atoms with Crippen LogP contribution in [0.1, 0.15) is 48.3 Å². The molecular weight excluding hydrogens is 596 g/mol. The van der Waals surface area contributed by atoms with Crippen LogP contribution in [0.4, 0.5) is 10.6 Å². The van der Waals surface area contributed by atoms with Crippen LogP contribution in [0.3, 0.4) is 0 Å². The third kappa shape index (κ3) is 9.24. The first-order chi connectivity index (χ1) is 22.1. The summed E-state index contributed by atoms with van der Waals surface area (Å²) >= 11 is 0. The van der Waals surface area contributed by atoms with Gasteiger partial charge in [-0.15, -0.1) is 0 Å². The van der Waals surface area contributed by atoms with Crippen LogP contribution in [0.15, 0.2) is 66.7 Å². The third-order valence-corrected chi connectivity index (χ3v) is 7.26. The molecule has 4 rings (SSSR count). The van der Waals surface area contributed by atoms with E-state index >= 15 is 0 Å². The molecule has 46 heavy (non-hydrogen) atoms. The molecule has 0 spiro atoms. The van der Waals surface area contributed by atoms with Gasteiger partial charge in [0, 0.05) is 44.2 Å². The van der Waals surface area contributed by atoms with E-state index in [1.54, 1.807) is 55.5 Å². The smallest absolute Gasteiger partial charge is 0.409 e. The summed E-state index contributed by atoms with van der Waals surface area (Å²) in [6.45, 7) is 2.74. The molecule has 4 N–H and O–H groups in total. The van der Waals surface area contributed by atoms with Gasteiger partial charge in [0.05, 0.1) is 19.1 Å². The van der Waals surface area contributed by atoms with Crippen LogP contribution < -0.4 is 10.6 Å². The number of aliphatic carboxylic acids is 2. The van der Waals surface area contributed by atoms with Crippen LogP contribution in [0.25, 0.3) is 11.4 Å². The predicted octanol–water partition coefficient (Wildman–Crippen LogP) is 3.04. The van der Waals surface area contributed by atoms with Gasteiger partial charge in [-0.2, -0.15) is 0 Å². The molecule has 0 saturated carbocycles. The van der Waals surface area contributed by atoms with Gasteiger partial charge in [0.1, 0.15) is 17.6 Å². The first-order valence-corrected chi connectivity index (χ1v) is 14.9. The Balaban J connectivity index is 1.60. The summed E-state index contributed by atoms with van der Waals surface area (Å²) in [6, 6.07) is 17.3. The van der Waals surface area contributed by atoms with Gasteiger partial charge in [0.15, 0.2) is 5.82 Å². The molecule has 0 radical (unpaired) electrons. The number of piperazine rings is 1. The van der Waals surface area contributed by atoms with Gasteiger partial charge in [-0.05, 0) is 18.9 Å². The van der Waals surface area contributed by atoms with E-state index < -0.39 is 41.9 Å². The van der Waals surface area contributed by atoms with Crippen molar-refractivity contribution < 1.29 is 38.9 Å². The van der Waals surface area contributed by atoms with Crippen molar-refractivity contribution in [1.82, 2.24) is 25.1 Å². The normalized spacial score (nSPS) is 14.1. The fraction of sp³-hybridized carbons (Fsp3) is 0.344. The fourth-order valence-corrected chi connectivity index (χ4v) is 4.95. The van der Waals surface area contributed by atoms with E-state index in [0.29, 0.717) is 11.1 Å². The van der Waals surface area contributed by atoms with Crippen molar-refractivity contribution in [2.75, 3.05) is 38.1 Å². The molecule has 14 nitrogen and oxygen atoms in total. The molecule has 3 aromatic rings. The summed E-state index contributed by atoms with van der Waals surface area (Å²) in [5.41, 5.74) is 1.17. The number of carbonyl (C=O) groups is 5. The Bertz CT molecular complexity index is 1530. The van der Waals surface area contributed by atoms with Crippen LogP contribution in [-0.2, 0) is 19.1 Å². The highest BCUT2D eigenvalue weighted by Crippen LogP contribution is 2.25. The van der Waals surface area contributed by atoms with Crippen molar-refractivity contribution in [3.05, 3.63) is 78.0 Å². The number of carbonyl (C=O) groups excluding carboxylic acids is 3. The SMILES string of the molecule is CCOC(=O)N1CCN(C(=O)[C@H](CCC(=O)O)NC(=O)c2cc(N[C@@H](CC(=O)O)c3ccccc3)nc(-c3ccccc3)n2)CC1. The molecule has 0 unspecified atom stereocenters. The second kappa shape index (κ2) is 16.0. The summed E-state index contributed by atoms with van der Waals surface area (Å²) in [5.74, 6) is -3.05. The van der Waals surface area contributed by atoms with E-state index in [1.807, 2.05) is 12.1 Å². The number of rotatable bonds is 13. The van der Waals surface area contributed by atoms with Crippen LogP contribution in [0.5, 0.6) is 0 Å². The van der Waals surface area contributed by atoms with E-state index in [9.17, 15) is 34.2 Å². The maximum Gasteiger partial charge on any atom is 0.409 e. The molecule has 14 heteroatoms. The van der Waals surface area contributed by atoms with Gasteiger partial charge in [-0.1, -0.05) is 60.7 Å². The minimum absolute atomic E-state index is 0.112. The van der Waals surface area contributed by atoms with Crippen LogP contribution in [-0.4, -0.2) is 98.7 Å². The number of ether oxygens (including phenoxy) is 1. The van der Waals surface area contributed by atoms with Gasteiger partial charge >= 0.3 is 18.0 Å². The molecule has 242 valence electrons. The minimum Gasteiger partial charge on any atom is -0.481 e. The lowest BCUT2D eigenvalue weighted by Gasteiger charge is -2.35. The van der Waals surface area contributed by atoms with Crippen LogP contribution in [0.2, 0.25) is 0 Å². The summed E-state index contributed by atoms with van der Waals surface area (Å²) in [6.07, 6.45) is -1.30. The van der Waals surface area contributed by atoms with Crippen molar-refractivity contribution in [1.29, 1.82) is 0 Å². The average Bonchev–Trinajstić information content (AvgIpc) is 3.06. The van der Waals surface area contributed by atoms with Gasteiger partial charge < -0.3 is 35.4 Å². The Morgan fingerprint density at radius 1 is 0.870 bits per heavy atom. The molecule has 1 saturated heterocycles. The summed E-state index contributed by atoms with van der Waals surface area (Å²) in [7, 11) is 0. The summed E-state index contributed by atoms with van der Waals surface area (Å²) < 4.78 is 5.03. The third-order valence-electron chi connectivity index (χ3n) is 7.26. The first kappa shape index (κ1) is 33.4. The highest BCUT2D eigenvalue weighted by atomic mass is 16.6. The number of carboxylic acid groups (broad SMARTS) is 2. The van der Waals surface area contributed by atoms with Gasteiger partial charge in [0.2, 0.25) is 5.91 Å². The van der Waals surface area contributed by atoms with E-state index in [0.717, 1.165) is 0 Å². The number of anilines is 1. The zero-order valence-electron chi connectivity index (χ0n) is 25.3.